The molecule has 0 atom stereocenters. The maximum atomic E-state index is 12.5. The van der Waals surface area contributed by atoms with Crippen molar-refractivity contribution in [2.45, 2.75) is 43.5 Å². The largest absolute Gasteiger partial charge is 0.309 e. The van der Waals surface area contributed by atoms with Crippen molar-refractivity contribution in [1.29, 1.82) is 0 Å². The second kappa shape index (κ2) is 5.76. The fourth-order valence-electron chi connectivity index (χ4n) is 2.87. The van der Waals surface area contributed by atoms with E-state index in [1.165, 1.54) is 17.0 Å². The van der Waals surface area contributed by atoms with Gasteiger partial charge in [-0.25, -0.2) is 4.98 Å². The molecule has 3 aromatic heterocycles. The summed E-state index contributed by atoms with van der Waals surface area (Å²) in [5, 5.41) is 9.03. The molecule has 0 bridgehead atoms. The summed E-state index contributed by atoms with van der Waals surface area (Å²) in [4.78, 5) is 19.4. The average molecular weight is 347 g/mol. The number of nitrogens with zero attached hydrogens (tertiary/aromatic N) is 5. The number of thioether (sulfide) groups is 1. The summed E-state index contributed by atoms with van der Waals surface area (Å²) in [6.45, 7) is 1.92. The van der Waals surface area contributed by atoms with Gasteiger partial charge in [-0.15, -0.1) is 21.5 Å². The molecule has 6 nitrogen and oxygen atoms in total. The van der Waals surface area contributed by atoms with Crippen molar-refractivity contribution in [3.05, 3.63) is 38.5 Å². The first-order valence-electron chi connectivity index (χ1n) is 7.65. The quantitative estimate of drug-likeness (QED) is 0.681. The molecule has 0 saturated heterocycles. The second-order valence-corrected chi connectivity index (χ2v) is 7.76. The lowest BCUT2D eigenvalue weighted by atomic mass is 10.0. The van der Waals surface area contributed by atoms with Gasteiger partial charge >= 0.3 is 0 Å². The summed E-state index contributed by atoms with van der Waals surface area (Å²) in [5.41, 5.74) is 2.02. The van der Waals surface area contributed by atoms with Crippen molar-refractivity contribution in [3.63, 3.8) is 0 Å². The lowest BCUT2D eigenvalue weighted by molar-refractivity contribution is 0.670. The van der Waals surface area contributed by atoms with Crippen LogP contribution >= 0.6 is 23.1 Å². The molecule has 0 saturated carbocycles. The van der Waals surface area contributed by atoms with Crippen LogP contribution in [0.2, 0.25) is 0 Å². The molecule has 0 amide bonds. The standard InChI is InChI=1S/C15H17N5OS2/c1-9-17-18-15(19(9)2)22-8-10-7-13(21)20-11-5-3-4-6-12(11)23-14(20)16-10/h7H,3-6,8H2,1-2H3. The number of hydrogen-bond donors (Lipinski definition) is 0. The Morgan fingerprint density at radius 2 is 2.13 bits per heavy atom. The molecule has 3 aromatic rings. The zero-order chi connectivity index (χ0) is 16.0. The molecule has 120 valence electrons. The van der Waals surface area contributed by atoms with Gasteiger partial charge in [0.05, 0.1) is 5.69 Å². The Bertz CT molecular complexity index is 939. The average Bonchev–Trinajstić information content (AvgIpc) is 3.07. The van der Waals surface area contributed by atoms with Crippen LogP contribution in [-0.4, -0.2) is 24.1 Å². The van der Waals surface area contributed by atoms with Crippen LogP contribution in [0.1, 0.15) is 34.9 Å². The summed E-state index contributed by atoms with van der Waals surface area (Å²) in [6.07, 6.45) is 4.44. The lowest BCUT2D eigenvalue weighted by Crippen LogP contribution is -2.17. The smallest absolute Gasteiger partial charge is 0.259 e. The molecule has 0 radical (unpaired) electrons. The molecule has 1 aliphatic rings. The topological polar surface area (TPSA) is 65.1 Å². The van der Waals surface area contributed by atoms with E-state index in [1.54, 1.807) is 33.6 Å². The highest BCUT2D eigenvalue weighted by Gasteiger charge is 2.18. The van der Waals surface area contributed by atoms with E-state index in [4.69, 9.17) is 4.98 Å². The summed E-state index contributed by atoms with van der Waals surface area (Å²) >= 11 is 3.22. The van der Waals surface area contributed by atoms with E-state index in [0.29, 0.717) is 5.75 Å². The third-order valence-electron chi connectivity index (χ3n) is 4.22. The summed E-state index contributed by atoms with van der Waals surface area (Å²) < 4.78 is 3.75. The SMILES string of the molecule is Cc1nnc(SCc2cc(=O)n3c4c(sc3n2)CCCC4)n1C. The Hall–Kier alpha value is -1.67. The Balaban J connectivity index is 1.66. The second-order valence-electron chi connectivity index (χ2n) is 5.76. The van der Waals surface area contributed by atoms with Crippen LogP contribution in [0.3, 0.4) is 0 Å². The molecular formula is C15H17N5OS2. The molecule has 1 aliphatic carbocycles. The summed E-state index contributed by atoms with van der Waals surface area (Å²) in [6, 6.07) is 1.66. The van der Waals surface area contributed by atoms with Gasteiger partial charge in [0.25, 0.3) is 5.56 Å². The van der Waals surface area contributed by atoms with E-state index >= 15 is 0 Å². The van der Waals surface area contributed by atoms with Crippen molar-refractivity contribution in [2.24, 2.45) is 7.05 Å². The maximum absolute atomic E-state index is 12.5. The van der Waals surface area contributed by atoms with E-state index < -0.39 is 0 Å². The molecule has 8 heteroatoms. The molecule has 3 heterocycles. The Labute approximate surface area is 141 Å². The van der Waals surface area contributed by atoms with Crippen LogP contribution in [0, 0.1) is 6.92 Å². The molecule has 0 fully saturated rings. The predicted octanol–water partition coefficient (Wildman–Crippen LogP) is 2.36. The van der Waals surface area contributed by atoms with Gasteiger partial charge in [0, 0.05) is 29.4 Å². The highest BCUT2D eigenvalue weighted by atomic mass is 32.2. The van der Waals surface area contributed by atoms with Gasteiger partial charge in [0.2, 0.25) is 0 Å². The van der Waals surface area contributed by atoms with E-state index in [1.807, 2.05) is 18.5 Å². The number of aromatic nitrogens is 5. The van der Waals surface area contributed by atoms with E-state index in [0.717, 1.165) is 40.9 Å². The number of fused-ring (bicyclic) bond motifs is 3. The first-order valence-corrected chi connectivity index (χ1v) is 9.45. The fourth-order valence-corrected chi connectivity index (χ4v) is 4.95. The number of aryl methyl sites for hydroxylation is 3. The van der Waals surface area contributed by atoms with Gasteiger partial charge in [-0.05, 0) is 32.6 Å². The first-order chi connectivity index (χ1) is 11.1. The fraction of sp³-hybridized carbons (Fsp3) is 0.467. The van der Waals surface area contributed by atoms with Crippen LogP contribution in [0.5, 0.6) is 0 Å². The molecule has 23 heavy (non-hydrogen) atoms. The number of rotatable bonds is 3. The molecule has 0 spiro atoms. The third kappa shape index (κ3) is 2.59. The van der Waals surface area contributed by atoms with Gasteiger partial charge in [-0.3, -0.25) is 9.20 Å². The van der Waals surface area contributed by atoms with Gasteiger partial charge in [0.15, 0.2) is 10.1 Å². The third-order valence-corrected chi connectivity index (χ3v) is 6.41. The van der Waals surface area contributed by atoms with Gasteiger partial charge in [-0.2, -0.15) is 0 Å². The van der Waals surface area contributed by atoms with E-state index in [2.05, 4.69) is 10.2 Å². The molecule has 0 unspecified atom stereocenters. The minimum atomic E-state index is 0.0409. The minimum absolute atomic E-state index is 0.0409. The van der Waals surface area contributed by atoms with Gasteiger partial charge in [-0.1, -0.05) is 11.8 Å². The maximum Gasteiger partial charge on any atom is 0.259 e. The minimum Gasteiger partial charge on any atom is -0.309 e. The molecule has 0 N–H and O–H groups in total. The Morgan fingerprint density at radius 1 is 1.30 bits per heavy atom. The van der Waals surface area contributed by atoms with Crippen LogP contribution in [0.15, 0.2) is 16.0 Å². The van der Waals surface area contributed by atoms with Crippen molar-refractivity contribution in [3.8, 4) is 0 Å². The van der Waals surface area contributed by atoms with Crippen LogP contribution in [0.25, 0.3) is 4.96 Å². The molecule has 0 aromatic carbocycles. The predicted molar refractivity (Wildman–Crippen MR) is 91.3 cm³/mol. The van der Waals surface area contributed by atoms with Crippen molar-refractivity contribution in [1.82, 2.24) is 24.1 Å². The summed E-state index contributed by atoms with van der Waals surface area (Å²) in [5.74, 6) is 1.50. The van der Waals surface area contributed by atoms with Crippen LogP contribution < -0.4 is 5.56 Å². The van der Waals surface area contributed by atoms with Crippen LogP contribution in [0.4, 0.5) is 0 Å². The van der Waals surface area contributed by atoms with Crippen molar-refractivity contribution in [2.75, 3.05) is 0 Å². The zero-order valence-electron chi connectivity index (χ0n) is 13.1. The van der Waals surface area contributed by atoms with E-state index in [-0.39, 0.29) is 5.56 Å². The number of thiazole rings is 1. The van der Waals surface area contributed by atoms with E-state index in [9.17, 15) is 4.79 Å². The Kier molecular flexibility index (Phi) is 3.73. The number of hydrogen-bond acceptors (Lipinski definition) is 6. The lowest BCUT2D eigenvalue weighted by Gasteiger charge is -2.10. The monoisotopic (exact) mass is 347 g/mol. The highest BCUT2D eigenvalue weighted by molar-refractivity contribution is 7.98. The molecular weight excluding hydrogens is 330 g/mol. The van der Waals surface area contributed by atoms with Gasteiger partial charge in [0.1, 0.15) is 5.82 Å². The van der Waals surface area contributed by atoms with Crippen molar-refractivity contribution < 1.29 is 0 Å². The zero-order valence-corrected chi connectivity index (χ0v) is 14.7. The van der Waals surface area contributed by atoms with Crippen LogP contribution in [-0.2, 0) is 25.6 Å². The first kappa shape index (κ1) is 14.9. The van der Waals surface area contributed by atoms with Crippen molar-refractivity contribution >= 4 is 28.1 Å². The molecule has 4 rings (SSSR count). The Morgan fingerprint density at radius 3 is 2.91 bits per heavy atom. The summed E-state index contributed by atoms with van der Waals surface area (Å²) in [7, 11) is 1.94. The highest BCUT2D eigenvalue weighted by Crippen LogP contribution is 2.28. The normalized spacial score (nSPS) is 14.3. The molecule has 0 aliphatic heterocycles. The van der Waals surface area contributed by atoms with Gasteiger partial charge < -0.3 is 4.57 Å².